The fraction of sp³-hybridized carbons (Fsp3) is 0.533. The molecule has 0 radical (unpaired) electrons. The van der Waals surface area contributed by atoms with Gasteiger partial charge in [0.25, 0.3) is 0 Å². The molecule has 1 aromatic rings. The molecule has 0 aliphatic carbocycles. The van der Waals surface area contributed by atoms with Gasteiger partial charge in [-0.3, -0.25) is 4.79 Å². The Hall–Kier alpha value is -1.55. The van der Waals surface area contributed by atoms with Gasteiger partial charge in [0.1, 0.15) is 0 Å². The smallest absolute Gasteiger partial charge is 0.227 e. The number of morpholine rings is 1. The number of nitrogens with zero attached hydrogens (tertiary/aromatic N) is 1. The molecule has 0 bridgehead atoms. The lowest BCUT2D eigenvalue weighted by molar-refractivity contribution is -0.119. The average molecular weight is 262 g/mol. The quantitative estimate of drug-likeness (QED) is 0.906. The molecular weight excluding hydrogens is 240 g/mol. The standard InChI is InChI=1S/C15H22N2O2/c1-3-12(2)15(18)16-13-6-4-5-7-14(13)17-8-10-19-11-9-17/h4-7,12H,3,8-11H2,1-2H3,(H,16,18)/t12-/m1/s1. The molecule has 1 aliphatic rings. The minimum Gasteiger partial charge on any atom is -0.378 e. The van der Waals surface area contributed by atoms with Crippen LogP contribution in [0.5, 0.6) is 0 Å². The molecule has 1 aliphatic heterocycles. The largest absolute Gasteiger partial charge is 0.378 e. The Labute approximate surface area is 114 Å². The lowest BCUT2D eigenvalue weighted by Crippen LogP contribution is -2.37. The van der Waals surface area contributed by atoms with Gasteiger partial charge >= 0.3 is 0 Å². The van der Waals surface area contributed by atoms with Crippen LogP contribution in [0.2, 0.25) is 0 Å². The number of anilines is 2. The van der Waals surface area contributed by atoms with Crippen molar-refractivity contribution in [3.8, 4) is 0 Å². The number of hydrogen-bond donors (Lipinski definition) is 1. The van der Waals surface area contributed by atoms with Gasteiger partial charge < -0.3 is 15.0 Å². The van der Waals surface area contributed by atoms with Crippen molar-refractivity contribution >= 4 is 17.3 Å². The molecule has 1 aromatic carbocycles. The number of para-hydroxylation sites is 2. The van der Waals surface area contributed by atoms with Crippen molar-refractivity contribution in [3.05, 3.63) is 24.3 Å². The zero-order valence-electron chi connectivity index (χ0n) is 11.7. The van der Waals surface area contributed by atoms with Crippen LogP contribution in [0, 0.1) is 5.92 Å². The predicted octanol–water partition coefficient (Wildman–Crippen LogP) is 2.51. The first-order valence-corrected chi connectivity index (χ1v) is 6.95. The number of amides is 1. The van der Waals surface area contributed by atoms with E-state index in [0.717, 1.165) is 44.1 Å². The maximum Gasteiger partial charge on any atom is 0.227 e. The second-order valence-corrected chi connectivity index (χ2v) is 4.92. The van der Waals surface area contributed by atoms with E-state index in [9.17, 15) is 4.79 Å². The van der Waals surface area contributed by atoms with Crippen molar-refractivity contribution in [2.24, 2.45) is 5.92 Å². The third kappa shape index (κ3) is 3.47. The third-order valence-corrected chi connectivity index (χ3v) is 3.57. The number of nitrogens with one attached hydrogen (secondary N) is 1. The maximum atomic E-state index is 12.0. The molecule has 1 atom stereocenters. The number of carbonyl (C=O) groups is 1. The third-order valence-electron chi connectivity index (χ3n) is 3.57. The monoisotopic (exact) mass is 262 g/mol. The molecule has 1 heterocycles. The summed E-state index contributed by atoms with van der Waals surface area (Å²) in [5.74, 6) is 0.126. The Morgan fingerprint density at radius 2 is 2.05 bits per heavy atom. The minimum atomic E-state index is 0.0396. The molecule has 0 aromatic heterocycles. The van der Waals surface area contributed by atoms with E-state index in [1.165, 1.54) is 0 Å². The summed E-state index contributed by atoms with van der Waals surface area (Å²) in [6, 6.07) is 7.97. The second kappa shape index (κ2) is 6.57. The van der Waals surface area contributed by atoms with Gasteiger partial charge in [0.05, 0.1) is 24.6 Å². The van der Waals surface area contributed by atoms with E-state index in [-0.39, 0.29) is 11.8 Å². The van der Waals surface area contributed by atoms with Crippen LogP contribution in [0.1, 0.15) is 20.3 Å². The van der Waals surface area contributed by atoms with Crippen molar-refractivity contribution in [1.29, 1.82) is 0 Å². The van der Waals surface area contributed by atoms with Gasteiger partial charge in [0.15, 0.2) is 0 Å². The molecule has 1 N–H and O–H groups in total. The van der Waals surface area contributed by atoms with Crippen LogP contribution in [0.25, 0.3) is 0 Å². The zero-order chi connectivity index (χ0) is 13.7. The highest BCUT2D eigenvalue weighted by molar-refractivity contribution is 5.95. The van der Waals surface area contributed by atoms with Crippen molar-refractivity contribution in [1.82, 2.24) is 0 Å². The van der Waals surface area contributed by atoms with E-state index in [2.05, 4.69) is 16.3 Å². The zero-order valence-corrected chi connectivity index (χ0v) is 11.7. The summed E-state index contributed by atoms with van der Waals surface area (Å²) >= 11 is 0. The van der Waals surface area contributed by atoms with Gasteiger partial charge in [0, 0.05) is 19.0 Å². The van der Waals surface area contributed by atoms with Gasteiger partial charge in [-0.05, 0) is 18.6 Å². The molecular formula is C15H22N2O2. The van der Waals surface area contributed by atoms with Crippen molar-refractivity contribution < 1.29 is 9.53 Å². The number of carbonyl (C=O) groups excluding carboxylic acids is 1. The van der Waals surface area contributed by atoms with Crippen LogP contribution < -0.4 is 10.2 Å². The molecule has 0 saturated carbocycles. The second-order valence-electron chi connectivity index (χ2n) is 4.92. The Bertz CT molecular complexity index is 428. The molecule has 104 valence electrons. The van der Waals surface area contributed by atoms with E-state index in [1.54, 1.807) is 0 Å². The van der Waals surface area contributed by atoms with Crippen molar-refractivity contribution in [2.75, 3.05) is 36.5 Å². The van der Waals surface area contributed by atoms with Gasteiger partial charge in [-0.25, -0.2) is 0 Å². The highest BCUT2D eigenvalue weighted by Gasteiger charge is 2.17. The molecule has 0 unspecified atom stereocenters. The maximum absolute atomic E-state index is 12.0. The Morgan fingerprint density at radius 3 is 2.74 bits per heavy atom. The van der Waals surface area contributed by atoms with E-state index >= 15 is 0 Å². The number of ether oxygens (including phenoxy) is 1. The van der Waals surface area contributed by atoms with Gasteiger partial charge in [0.2, 0.25) is 5.91 Å². The van der Waals surface area contributed by atoms with Gasteiger partial charge in [-0.2, -0.15) is 0 Å². The Morgan fingerprint density at radius 1 is 1.37 bits per heavy atom. The summed E-state index contributed by atoms with van der Waals surface area (Å²) in [6.07, 6.45) is 0.853. The van der Waals surface area contributed by atoms with E-state index < -0.39 is 0 Å². The van der Waals surface area contributed by atoms with Crippen LogP contribution in [-0.4, -0.2) is 32.2 Å². The van der Waals surface area contributed by atoms with E-state index in [0.29, 0.717) is 0 Å². The Balaban J connectivity index is 2.13. The summed E-state index contributed by atoms with van der Waals surface area (Å²) in [7, 11) is 0. The molecule has 2 rings (SSSR count). The highest BCUT2D eigenvalue weighted by Crippen LogP contribution is 2.26. The lowest BCUT2D eigenvalue weighted by Gasteiger charge is -2.30. The molecule has 1 amide bonds. The molecule has 0 spiro atoms. The number of hydrogen-bond acceptors (Lipinski definition) is 3. The first kappa shape index (κ1) is 13.9. The van der Waals surface area contributed by atoms with Crippen molar-refractivity contribution in [2.45, 2.75) is 20.3 Å². The average Bonchev–Trinajstić information content (AvgIpc) is 2.47. The van der Waals surface area contributed by atoms with Crippen LogP contribution in [0.4, 0.5) is 11.4 Å². The molecule has 1 saturated heterocycles. The van der Waals surface area contributed by atoms with E-state index in [4.69, 9.17) is 4.74 Å². The summed E-state index contributed by atoms with van der Waals surface area (Å²) in [5.41, 5.74) is 1.98. The predicted molar refractivity (Wildman–Crippen MR) is 77.6 cm³/mol. The van der Waals surface area contributed by atoms with Gasteiger partial charge in [-0.1, -0.05) is 26.0 Å². The summed E-state index contributed by atoms with van der Waals surface area (Å²) in [5, 5.41) is 3.04. The molecule has 4 heteroatoms. The molecule has 19 heavy (non-hydrogen) atoms. The van der Waals surface area contributed by atoms with Crippen LogP contribution in [-0.2, 0) is 9.53 Å². The fourth-order valence-electron chi connectivity index (χ4n) is 2.10. The van der Waals surface area contributed by atoms with Crippen molar-refractivity contribution in [3.63, 3.8) is 0 Å². The number of rotatable bonds is 4. The van der Waals surface area contributed by atoms with E-state index in [1.807, 2.05) is 32.0 Å². The van der Waals surface area contributed by atoms with Crippen LogP contribution in [0.15, 0.2) is 24.3 Å². The van der Waals surface area contributed by atoms with Crippen LogP contribution in [0.3, 0.4) is 0 Å². The van der Waals surface area contributed by atoms with Crippen LogP contribution >= 0.6 is 0 Å². The normalized spacial score (nSPS) is 17.1. The minimum absolute atomic E-state index is 0.0396. The van der Waals surface area contributed by atoms with Gasteiger partial charge in [-0.15, -0.1) is 0 Å². The Kier molecular flexibility index (Phi) is 4.80. The fourth-order valence-corrected chi connectivity index (χ4v) is 2.10. The first-order valence-electron chi connectivity index (χ1n) is 6.95. The summed E-state index contributed by atoms with van der Waals surface area (Å²) in [6.45, 7) is 7.21. The summed E-state index contributed by atoms with van der Waals surface area (Å²) < 4.78 is 5.37. The highest BCUT2D eigenvalue weighted by atomic mass is 16.5. The summed E-state index contributed by atoms with van der Waals surface area (Å²) in [4.78, 5) is 14.3. The lowest BCUT2D eigenvalue weighted by atomic mass is 10.1. The topological polar surface area (TPSA) is 41.6 Å². The molecule has 1 fully saturated rings. The SMILES string of the molecule is CC[C@@H](C)C(=O)Nc1ccccc1N1CCOCC1. The molecule has 4 nitrogen and oxygen atoms in total. The first-order chi connectivity index (χ1) is 9.22. The number of benzene rings is 1.